The summed E-state index contributed by atoms with van der Waals surface area (Å²) < 4.78 is 110. The van der Waals surface area contributed by atoms with Crippen LogP contribution in [0.2, 0.25) is 0 Å². The van der Waals surface area contributed by atoms with E-state index < -0.39 is 41.2 Å². The van der Waals surface area contributed by atoms with Crippen LogP contribution in [0, 0.1) is 23.3 Å². The maximum atomic E-state index is 12.8. The van der Waals surface area contributed by atoms with E-state index >= 15 is 0 Å². The SMILES string of the molecule is Fc1cc(NC(F)(F)C(F)(F)F)c(F)c(F)c1F. The van der Waals surface area contributed by atoms with E-state index in [-0.39, 0.29) is 11.4 Å². The van der Waals surface area contributed by atoms with Crippen LogP contribution >= 0.6 is 0 Å². The van der Waals surface area contributed by atoms with Gasteiger partial charge in [0.1, 0.15) is 0 Å². The number of nitrogens with one attached hydrogen (secondary N) is 1. The first-order valence-corrected chi connectivity index (χ1v) is 4.03. The van der Waals surface area contributed by atoms with Gasteiger partial charge >= 0.3 is 12.2 Å². The molecule has 0 aromatic heterocycles. The van der Waals surface area contributed by atoms with Crippen LogP contribution in [-0.4, -0.2) is 12.2 Å². The van der Waals surface area contributed by atoms with Gasteiger partial charge in [-0.15, -0.1) is 0 Å². The molecule has 1 rings (SSSR count). The lowest BCUT2D eigenvalue weighted by molar-refractivity contribution is -0.268. The molecule has 0 heterocycles. The average molecular weight is 283 g/mol. The van der Waals surface area contributed by atoms with E-state index in [4.69, 9.17) is 0 Å². The minimum atomic E-state index is -6.12. The first-order valence-electron chi connectivity index (χ1n) is 4.03. The molecule has 102 valence electrons. The molecule has 0 fully saturated rings. The molecule has 10 heteroatoms. The smallest absolute Gasteiger partial charge is 0.317 e. The van der Waals surface area contributed by atoms with Gasteiger partial charge in [0.25, 0.3) is 0 Å². The fraction of sp³-hybridized carbons (Fsp3) is 0.250. The average Bonchev–Trinajstić information content (AvgIpc) is 2.21. The molecule has 0 aliphatic carbocycles. The fourth-order valence-electron chi connectivity index (χ4n) is 0.904. The third-order valence-electron chi connectivity index (χ3n) is 1.75. The first kappa shape index (κ1) is 14.5. The Labute approximate surface area is 93.2 Å². The Hall–Kier alpha value is -1.61. The molecule has 1 nitrogen and oxygen atoms in total. The number of benzene rings is 1. The van der Waals surface area contributed by atoms with Crippen LogP contribution in [0.15, 0.2) is 6.07 Å². The molecule has 0 spiro atoms. The minimum absolute atomic E-state index is 0.255. The number of anilines is 1. The van der Waals surface area contributed by atoms with Crippen LogP contribution in [-0.2, 0) is 0 Å². The van der Waals surface area contributed by atoms with Crippen molar-refractivity contribution in [1.29, 1.82) is 0 Å². The summed E-state index contributed by atoms with van der Waals surface area (Å²) in [7, 11) is 0. The maximum absolute atomic E-state index is 12.8. The van der Waals surface area contributed by atoms with Crippen LogP contribution in [0.1, 0.15) is 0 Å². The van der Waals surface area contributed by atoms with Crippen molar-refractivity contribution in [2.45, 2.75) is 12.2 Å². The highest BCUT2D eigenvalue weighted by atomic mass is 19.4. The number of halogens is 9. The van der Waals surface area contributed by atoms with Crippen LogP contribution in [0.5, 0.6) is 0 Å². The number of rotatable bonds is 2. The monoisotopic (exact) mass is 283 g/mol. The van der Waals surface area contributed by atoms with Gasteiger partial charge in [0.15, 0.2) is 23.3 Å². The standard InChI is InChI=1S/C8H2F9N/c9-2-1-3(5(11)6(12)4(2)10)18-8(16,17)7(13,14)15/h1,18H. The molecule has 0 saturated carbocycles. The van der Waals surface area contributed by atoms with Gasteiger partial charge in [0.05, 0.1) is 5.69 Å². The molecule has 0 amide bonds. The van der Waals surface area contributed by atoms with Crippen LogP contribution in [0.25, 0.3) is 0 Å². The van der Waals surface area contributed by atoms with Crippen LogP contribution in [0.3, 0.4) is 0 Å². The second-order valence-corrected chi connectivity index (χ2v) is 3.05. The molecule has 18 heavy (non-hydrogen) atoms. The zero-order chi connectivity index (χ0) is 14.3. The van der Waals surface area contributed by atoms with Crippen molar-refractivity contribution in [2.24, 2.45) is 0 Å². The topological polar surface area (TPSA) is 12.0 Å². The van der Waals surface area contributed by atoms with E-state index in [0.29, 0.717) is 0 Å². The van der Waals surface area contributed by atoms with Gasteiger partial charge in [-0.05, 0) is 0 Å². The summed E-state index contributed by atoms with van der Waals surface area (Å²) in [6, 6.07) is -5.99. The lowest BCUT2D eigenvalue weighted by Gasteiger charge is -2.21. The summed E-state index contributed by atoms with van der Waals surface area (Å²) >= 11 is 0. The molecule has 0 bridgehead atoms. The molecule has 1 aromatic rings. The summed E-state index contributed by atoms with van der Waals surface area (Å²) in [6.07, 6.45) is -6.12. The fourth-order valence-corrected chi connectivity index (χ4v) is 0.904. The van der Waals surface area contributed by atoms with Gasteiger partial charge in [-0.3, -0.25) is 0 Å². The molecule has 0 saturated heterocycles. The van der Waals surface area contributed by atoms with Crippen molar-refractivity contribution in [2.75, 3.05) is 5.32 Å². The van der Waals surface area contributed by atoms with Gasteiger partial charge in [-0.2, -0.15) is 22.0 Å². The Bertz CT molecular complexity index is 465. The van der Waals surface area contributed by atoms with E-state index in [0.717, 1.165) is 0 Å². The largest absolute Gasteiger partial charge is 0.475 e. The zero-order valence-electron chi connectivity index (χ0n) is 7.98. The molecule has 1 N–H and O–H groups in total. The number of hydrogen-bond donors (Lipinski definition) is 1. The lowest BCUT2D eigenvalue weighted by Crippen LogP contribution is -2.44. The van der Waals surface area contributed by atoms with Crippen molar-refractivity contribution < 1.29 is 39.5 Å². The van der Waals surface area contributed by atoms with E-state index in [1.165, 1.54) is 0 Å². The minimum Gasteiger partial charge on any atom is -0.317 e. The van der Waals surface area contributed by atoms with Gasteiger partial charge in [0.2, 0.25) is 0 Å². The number of alkyl halides is 5. The van der Waals surface area contributed by atoms with Crippen molar-refractivity contribution >= 4 is 5.69 Å². The predicted molar refractivity (Wildman–Crippen MR) is 40.9 cm³/mol. The zero-order valence-corrected chi connectivity index (χ0v) is 7.98. The summed E-state index contributed by atoms with van der Waals surface area (Å²) in [5, 5.41) is 0.255. The Balaban J connectivity index is 3.22. The normalized spacial score (nSPS) is 12.7. The van der Waals surface area contributed by atoms with E-state index in [1.807, 2.05) is 0 Å². The Morgan fingerprint density at radius 2 is 1.28 bits per heavy atom. The van der Waals surface area contributed by atoms with Crippen LogP contribution in [0.4, 0.5) is 45.2 Å². The maximum Gasteiger partial charge on any atom is 0.475 e. The van der Waals surface area contributed by atoms with Gasteiger partial charge in [-0.1, -0.05) is 0 Å². The summed E-state index contributed by atoms with van der Waals surface area (Å²) in [5.74, 6) is -9.34. The van der Waals surface area contributed by atoms with Gasteiger partial charge in [-0.25, -0.2) is 17.6 Å². The van der Waals surface area contributed by atoms with Crippen molar-refractivity contribution in [1.82, 2.24) is 0 Å². The Morgan fingerprint density at radius 1 is 0.778 bits per heavy atom. The summed E-state index contributed by atoms with van der Waals surface area (Å²) in [4.78, 5) is 0. The summed E-state index contributed by atoms with van der Waals surface area (Å²) in [6.45, 7) is 0. The van der Waals surface area contributed by atoms with Crippen molar-refractivity contribution in [3.8, 4) is 0 Å². The number of hydrogen-bond acceptors (Lipinski definition) is 1. The molecule has 0 radical (unpaired) electrons. The molecular formula is C8H2F9N. The molecule has 0 atom stereocenters. The van der Waals surface area contributed by atoms with Gasteiger partial charge in [0, 0.05) is 6.07 Å². The van der Waals surface area contributed by atoms with Crippen molar-refractivity contribution in [3.63, 3.8) is 0 Å². The molecule has 1 aromatic carbocycles. The highest BCUT2D eigenvalue weighted by Gasteiger charge is 2.58. The third-order valence-corrected chi connectivity index (χ3v) is 1.75. The highest BCUT2D eigenvalue weighted by Crippen LogP contribution is 2.37. The predicted octanol–water partition coefficient (Wildman–Crippen LogP) is 3.81. The molecular weight excluding hydrogens is 281 g/mol. The second-order valence-electron chi connectivity index (χ2n) is 3.05. The Morgan fingerprint density at radius 3 is 1.72 bits per heavy atom. The Kier molecular flexibility index (Phi) is 3.41. The second kappa shape index (κ2) is 4.25. The van der Waals surface area contributed by atoms with Gasteiger partial charge < -0.3 is 5.32 Å². The van der Waals surface area contributed by atoms with E-state index in [2.05, 4.69) is 0 Å². The summed E-state index contributed by atoms with van der Waals surface area (Å²) in [5.41, 5.74) is -1.85. The molecule has 0 aliphatic heterocycles. The van der Waals surface area contributed by atoms with E-state index in [1.54, 1.807) is 0 Å². The first-order chi connectivity index (χ1) is 7.97. The van der Waals surface area contributed by atoms with Crippen molar-refractivity contribution in [3.05, 3.63) is 29.3 Å². The van der Waals surface area contributed by atoms with E-state index in [9.17, 15) is 39.5 Å². The molecule has 0 unspecified atom stereocenters. The highest BCUT2D eigenvalue weighted by molar-refractivity contribution is 5.47. The quantitative estimate of drug-likeness (QED) is 0.376. The lowest BCUT2D eigenvalue weighted by atomic mass is 10.2. The van der Waals surface area contributed by atoms with Crippen LogP contribution < -0.4 is 5.32 Å². The third kappa shape index (κ3) is 2.46. The molecule has 0 aliphatic rings.